The van der Waals surface area contributed by atoms with Crippen LogP contribution >= 0.6 is 12.4 Å². The molecule has 0 aliphatic carbocycles. The molecule has 9 heavy (non-hydrogen) atoms. The number of halogens is 1. The largest absolute Gasteiger partial charge is 0.476 e. The van der Waals surface area contributed by atoms with Crippen molar-refractivity contribution in [3.05, 3.63) is 12.5 Å². The van der Waals surface area contributed by atoms with Crippen LogP contribution < -0.4 is 0 Å². The van der Waals surface area contributed by atoms with Gasteiger partial charge in [0.05, 0.1) is 12.4 Å². The Morgan fingerprint density at radius 2 is 2.44 bits per heavy atom. The van der Waals surface area contributed by atoms with Crippen LogP contribution in [-0.2, 0) is 4.74 Å². The van der Waals surface area contributed by atoms with E-state index in [1.54, 1.807) is 0 Å². The fraction of sp³-hybridized carbons (Fsp3) is 0.200. The lowest BCUT2D eigenvalue weighted by Crippen LogP contribution is -2.09. The fourth-order valence-corrected chi connectivity index (χ4v) is 0.382. The van der Waals surface area contributed by atoms with E-state index in [1.807, 2.05) is 6.07 Å². The molecule has 0 fully saturated rings. The molecule has 48 valence electrons. The van der Waals surface area contributed by atoms with Crippen LogP contribution in [0.4, 0.5) is 0 Å². The second kappa shape index (κ2) is 3.93. The quantitative estimate of drug-likeness (QED) is 0.507. The average Bonchev–Trinajstić information content (AvgIpc) is 1.90. The van der Waals surface area contributed by atoms with Crippen LogP contribution in [0, 0.1) is 11.3 Å². The van der Waals surface area contributed by atoms with Crippen LogP contribution in [0.25, 0.3) is 0 Å². The Balaban J connectivity index is 0.000000640. The van der Waals surface area contributed by atoms with E-state index in [0.29, 0.717) is 0 Å². The van der Waals surface area contributed by atoms with Crippen molar-refractivity contribution in [1.82, 2.24) is 0 Å². The molecule has 0 radical (unpaired) electrons. The molecule has 0 bridgehead atoms. The number of rotatable bonds is 0. The highest BCUT2D eigenvalue weighted by molar-refractivity contribution is 5.85. The summed E-state index contributed by atoms with van der Waals surface area (Å²) >= 11 is 0. The zero-order valence-electron chi connectivity index (χ0n) is 4.52. The Morgan fingerprint density at radius 1 is 1.67 bits per heavy atom. The second-order valence-electron chi connectivity index (χ2n) is 1.27. The van der Waals surface area contributed by atoms with Gasteiger partial charge in [-0.05, 0) is 0 Å². The summed E-state index contributed by atoms with van der Waals surface area (Å²) in [6, 6.07) is 1.88. The van der Waals surface area contributed by atoms with Gasteiger partial charge in [0.2, 0.25) is 6.10 Å². The number of nitriles is 1. The lowest BCUT2D eigenvalue weighted by molar-refractivity contribution is 0.248. The van der Waals surface area contributed by atoms with Crippen LogP contribution in [0.2, 0.25) is 0 Å². The minimum Gasteiger partial charge on any atom is -0.476 e. The van der Waals surface area contributed by atoms with Gasteiger partial charge in [0.1, 0.15) is 12.3 Å². The predicted molar refractivity (Wildman–Crippen MR) is 35.4 cm³/mol. The molecule has 1 heterocycles. The minimum absolute atomic E-state index is 0. The first kappa shape index (κ1) is 7.99. The Bertz CT molecular complexity index is 170. The van der Waals surface area contributed by atoms with Gasteiger partial charge in [-0.2, -0.15) is 5.26 Å². The summed E-state index contributed by atoms with van der Waals surface area (Å²) in [5, 5.41) is 8.19. The zero-order valence-corrected chi connectivity index (χ0v) is 5.34. The maximum Gasteiger partial charge on any atom is 0.218 e. The van der Waals surface area contributed by atoms with Crippen LogP contribution in [0.3, 0.4) is 0 Å². The van der Waals surface area contributed by atoms with Crippen molar-refractivity contribution in [2.75, 3.05) is 0 Å². The van der Waals surface area contributed by atoms with Crippen molar-refractivity contribution in [3.8, 4) is 6.07 Å². The van der Waals surface area contributed by atoms with E-state index < -0.39 is 6.10 Å². The molecule has 1 atom stereocenters. The first-order valence-electron chi connectivity index (χ1n) is 2.17. The van der Waals surface area contributed by atoms with Crippen molar-refractivity contribution in [1.29, 1.82) is 5.26 Å². The standard InChI is InChI=1S/C5H4N2O.ClH/c6-3-5-4-7-1-2-8-5;/h1-2,4-5H;1H. The van der Waals surface area contributed by atoms with Crippen LogP contribution in [-0.4, -0.2) is 12.3 Å². The zero-order chi connectivity index (χ0) is 5.82. The molecule has 0 aromatic rings. The SMILES string of the molecule is Cl.N#CC1C=NC=CO1. The van der Waals surface area contributed by atoms with Gasteiger partial charge >= 0.3 is 0 Å². The summed E-state index contributed by atoms with van der Waals surface area (Å²) < 4.78 is 4.74. The molecule has 1 aliphatic rings. The highest BCUT2D eigenvalue weighted by Crippen LogP contribution is 1.93. The maximum atomic E-state index is 8.19. The Kier molecular flexibility index (Phi) is 3.49. The fourth-order valence-electron chi connectivity index (χ4n) is 0.382. The molecule has 4 heteroatoms. The predicted octanol–water partition coefficient (Wildman–Crippen LogP) is 0.873. The Morgan fingerprint density at radius 3 is 2.78 bits per heavy atom. The molecule has 0 aromatic heterocycles. The van der Waals surface area contributed by atoms with Crippen molar-refractivity contribution in [2.24, 2.45) is 4.99 Å². The summed E-state index contributed by atoms with van der Waals surface area (Å²) in [6.07, 6.45) is 3.85. The first-order chi connectivity index (χ1) is 3.93. The van der Waals surface area contributed by atoms with Gasteiger partial charge in [0.15, 0.2) is 0 Å². The average molecular weight is 145 g/mol. The van der Waals surface area contributed by atoms with Gasteiger partial charge < -0.3 is 4.74 Å². The van der Waals surface area contributed by atoms with Crippen LogP contribution in [0.15, 0.2) is 17.5 Å². The van der Waals surface area contributed by atoms with Crippen molar-refractivity contribution >= 4 is 18.6 Å². The number of hydrogen-bond donors (Lipinski definition) is 0. The Labute approximate surface area is 59.1 Å². The van der Waals surface area contributed by atoms with Gasteiger partial charge in [-0.25, -0.2) is 0 Å². The molecular weight excluding hydrogens is 140 g/mol. The first-order valence-corrected chi connectivity index (χ1v) is 2.17. The lowest BCUT2D eigenvalue weighted by atomic mass is 10.4. The van der Waals surface area contributed by atoms with Crippen LogP contribution in [0.1, 0.15) is 0 Å². The lowest BCUT2D eigenvalue weighted by Gasteiger charge is -2.03. The number of aliphatic imine (C=N–C) groups is 1. The summed E-state index contributed by atoms with van der Waals surface area (Å²) in [7, 11) is 0. The van der Waals surface area contributed by atoms with Crippen LogP contribution in [0.5, 0.6) is 0 Å². The molecule has 0 amide bonds. The second-order valence-corrected chi connectivity index (χ2v) is 1.27. The molecule has 1 rings (SSSR count). The van der Waals surface area contributed by atoms with E-state index in [4.69, 9.17) is 10.00 Å². The molecule has 1 aliphatic heterocycles. The van der Waals surface area contributed by atoms with E-state index in [1.165, 1.54) is 18.7 Å². The third-order valence-corrected chi connectivity index (χ3v) is 0.721. The topological polar surface area (TPSA) is 45.4 Å². The third-order valence-electron chi connectivity index (χ3n) is 0.721. The molecule has 0 saturated heterocycles. The minimum atomic E-state index is -0.486. The van der Waals surface area contributed by atoms with Crippen molar-refractivity contribution < 1.29 is 4.74 Å². The number of nitrogens with zero attached hydrogens (tertiary/aromatic N) is 2. The molecule has 1 unspecified atom stereocenters. The smallest absolute Gasteiger partial charge is 0.218 e. The van der Waals surface area contributed by atoms with Crippen molar-refractivity contribution in [2.45, 2.75) is 6.10 Å². The van der Waals surface area contributed by atoms with E-state index in [-0.39, 0.29) is 12.4 Å². The van der Waals surface area contributed by atoms with Gasteiger partial charge in [-0.3, -0.25) is 4.99 Å². The number of ether oxygens (including phenoxy) is 1. The van der Waals surface area contributed by atoms with E-state index >= 15 is 0 Å². The Hall–Kier alpha value is -1.01. The van der Waals surface area contributed by atoms with Gasteiger partial charge in [0, 0.05) is 0 Å². The highest BCUT2D eigenvalue weighted by atomic mass is 35.5. The molecule has 3 nitrogen and oxygen atoms in total. The molecule has 0 N–H and O–H groups in total. The van der Waals surface area contributed by atoms with Gasteiger partial charge in [0.25, 0.3) is 0 Å². The van der Waals surface area contributed by atoms with E-state index in [0.717, 1.165) is 0 Å². The molecule has 0 aromatic carbocycles. The summed E-state index contributed by atoms with van der Waals surface area (Å²) in [5.74, 6) is 0. The third kappa shape index (κ3) is 2.15. The normalized spacial score (nSPS) is 21.4. The summed E-state index contributed by atoms with van der Waals surface area (Å²) in [6.45, 7) is 0. The molecule has 0 saturated carbocycles. The van der Waals surface area contributed by atoms with Gasteiger partial charge in [-0.1, -0.05) is 0 Å². The summed E-state index contributed by atoms with van der Waals surface area (Å²) in [5.41, 5.74) is 0. The number of hydrogen-bond acceptors (Lipinski definition) is 3. The summed E-state index contributed by atoms with van der Waals surface area (Å²) in [4.78, 5) is 3.68. The molecule has 0 spiro atoms. The van der Waals surface area contributed by atoms with E-state index in [2.05, 4.69) is 4.99 Å². The van der Waals surface area contributed by atoms with E-state index in [9.17, 15) is 0 Å². The van der Waals surface area contributed by atoms with Crippen molar-refractivity contribution in [3.63, 3.8) is 0 Å². The monoisotopic (exact) mass is 144 g/mol. The molecular formula is C5H5ClN2O. The maximum absolute atomic E-state index is 8.19. The van der Waals surface area contributed by atoms with Gasteiger partial charge in [-0.15, -0.1) is 12.4 Å². The highest BCUT2D eigenvalue weighted by Gasteiger charge is 2.01.